The summed E-state index contributed by atoms with van der Waals surface area (Å²) in [6.45, 7) is 7.26. The highest BCUT2D eigenvalue weighted by atomic mass is 16.6. The van der Waals surface area contributed by atoms with E-state index < -0.39 is 23.4 Å². The van der Waals surface area contributed by atoms with Crippen molar-refractivity contribution in [2.24, 2.45) is 0 Å². The minimum Gasteiger partial charge on any atom is -0.508 e. The molecule has 0 bridgehead atoms. The molecule has 1 aliphatic carbocycles. The summed E-state index contributed by atoms with van der Waals surface area (Å²) in [6.07, 6.45) is 2.08. The van der Waals surface area contributed by atoms with Gasteiger partial charge in [-0.3, -0.25) is 4.57 Å². The lowest BCUT2D eigenvalue weighted by molar-refractivity contribution is 0.0485. The van der Waals surface area contributed by atoms with Gasteiger partial charge < -0.3 is 24.9 Å². The molecule has 3 N–H and O–H groups in total. The monoisotopic (exact) mass is 497 g/mol. The minimum atomic E-state index is -0.676. The summed E-state index contributed by atoms with van der Waals surface area (Å²) in [7, 11) is 0. The molecular weight excluding hydrogens is 466 g/mol. The number of aromatic nitrogens is 4. The maximum absolute atomic E-state index is 13.0. The molecule has 0 spiro atoms. The molecule has 0 atom stereocenters. The van der Waals surface area contributed by atoms with E-state index in [-0.39, 0.29) is 41.5 Å². The Morgan fingerprint density at radius 1 is 1.19 bits per heavy atom. The number of phenols is 1. The quantitative estimate of drug-likeness (QED) is 0.452. The number of carbonyl (C=O) groups is 2. The van der Waals surface area contributed by atoms with Crippen LogP contribution in [0.3, 0.4) is 0 Å². The molecule has 0 saturated heterocycles. The summed E-state index contributed by atoms with van der Waals surface area (Å²) in [5.41, 5.74) is -0.0376. The summed E-state index contributed by atoms with van der Waals surface area (Å²) in [6, 6.07) is 6.10. The van der Waals surface area contributed by atoms with Crippen molar-refractivity contribution in [1.29, 1.82) is 0 Å². The number of rotatable bonds is 5. The number of H-pyrrole nitrogens is 1. The van der Waals surface area contributed by atoms with Crippen LogP contribution in [0.2, 0.25) is 0 Å². The fraction of sp³-hybridized carbons (Fsp3) is 0.480. The zero-order valence-corrected chi connectivity index (χ0v) is 20.8. The average Bonchev–Trinajstić information content (AvgIpc) is 3.13. The van der Waals surface area contributed by atoms with Crippen molar-refractivity contribution in [2.45, 2.75) is 71.1 Å². The number of aromatic hydroxyl groups is 1. The van der Waals surface area contributed by atoms with Crippen LogP contribution in [-0.4, -0.2) is 54.9 Å². The van der Waals surface area contributed by atoms with Gasteiger partial charge in [-0.2, -0.15) is 0 Å². The van der Waals surface area contributed by atoms with Crippen molar-refractivity contribution in [3.63, 3.8) is 0 Å². The van der Waals surface area contributed by atoms with Crippen LogP contribution < -0.4 is 11.0 Å². The molecule has 2 aromatic heterocycles. The molecule has 0 unspecified atom stereocenters. The molecular formula is C25H31N5O6. The number of imidazole rings is 1. The number of nitrogens with zero attached hydrogens (tertiary/aromatic N) is 3. The molecule has 11 nitrogen and oxygen atoms in total. The highest BCUT2D eigenvalue weighted by Gasteiger charge is 2.30. The van der Waals surface area contributed by atoms with Crippen LogP contribution in [0.25, 0.3) is 22.6 Å². The Kier molecular flexibility index (Phi) is 7.00. The lowest BCUT2D eigenvalue weighted by atomic mass is 9.91. The summed E-state index contributed by atoms with van der Waals surface area (Å²) >= 11 is 0. The van der Waals surface area contributed by atoms with E-state index in [0.717, 1.165) is 0 Å². The largest absolute Gasteiger partial charge is 0.508 e. The van der Waals surface area contributed by atoms with Crippen LogP contribution in [0, 0.1) is 0 Å². The van der Waals surface area contributed by atoms with E-state index in [2.05, 4.69) is 20.3 Å². The number of fused-ring (bicyclic) bond motifs is 1. The third-order valence-electron chi connectivity index (χ3n) is 5.92. The van der Waals surface area contributed by atoms with Crippen LogP contribution in [0.5, 0.6) is 5.75 Å². The number of aromatic amines is 1. The molecule has 0 aliphatic heterocycles. The smallest absolute Gasteiger partial charge is 0.407 e. The van der Waals surface area contributed by atoms with E-state index >= 15 is 0 Å². The fourth-order valence-electron chi connectivity index (χ4n) is 4.41. The first-order valence-corrected chi connectivity index (χ1v) is 12.0. The first kappa shape index (κ1) is 25.2. The molecule has 1 aromatic carbocycles. The molecule has 192 valence electrons. The van der Waals surface area contributed by atoms with Gasteiger partial charge in [-0.1, -0.05) is 12.1 Å². The van der Waals surface area contributed by atoms with Crippen molar-refractivity contribution in [1.82, 2.24) is 24.8 Å². The van der Waals surface area contributed by atoms with E-state index in [9.17, 15) is 19.5 Å². The highest BCUT2D eigenvalue weighted by molar-refractivity contribution is 5.99. The summed E-state index contributed by atoms with van der Waals surface area (Å²) < 4.78 is 12.1. The number of esters is 1. The fourth-order valence-corrected chi connectivity index (χ4v) is 4.41. The molecule has 1 fully saturated rings. The predicted molar refractivity (Wildman–Crippen MR) is 132 cm³/mol. The molecule has 1 amide bonds. The van der Waals surface area contributed by atoms with Crippen molar-refractivity contribution < 1.29 is 24.2 Å². The van der Waals surface area contributed by atoms with Gasteiger partial charge in [-0.05, 0) is 65.5 Å². The first-order valence-electron chi connectivity index (χ1n) is 12.0. The lowest BCUT2D eigenvalue weighted by Crippen LogP contribution is -2.41. The number of ether oxygens (including phenoxy) is 2. The third-order valence-corrected chi connectivity index (χ3v) is 5.92. The summed E-state index contributed by atoms with van der Waals surface area (Å²) in [5.74, 6) is -0.462. The Bertz CT molecular complexity index is 1330. The topological polar surface area (TPSA) is 148 Å². The predicted octanol–water partition coefficient (Wildman–Crippen LogP) is 3.68. The van der Waals surface area contributed by atoms with Crippen LogP contribution in [0.15, 0.2) is 29.1 Å². The van der Waals surface area contributed by atoms with Crippen LogP contribution in [0.1, 0.15) is 69.9 Å². The second-order valence-corrected chi connectivity index (χ2v) is 9.82. The third kappa shape index (κ3) is 5.50. The Labute approximate surface area is 207 Å². The van der Waals surface area contributed by atoms with Gasteiger partial charge in [0.25, 0.3) is 0 Å². The van der Waals surface area contributed by atoms with Crippen molar-refractivity contribution in [3.8, 4) is 17.1 Å². The number of alkyl carbamates (subject to hydrolysis) is 1. The number of hydrogen-bond donors (Lipinski definition) is 3. The Hall–Kier alpha value is -3.89. The number of hydrogen-bond acceptors (Lipinski definition) is 8. The summed E-state index contributed by atoms with van der Waals surface area (Å²) in [4.78, 5) is 49.6. The second kappa shape index (κ2) is 10.00. The average molecular weight is 498 g/mol. The lowest BCUT2D eigenvalue weighted by Gasteiger charge is -2.30. The van der Waals surface area contributed by atoms with E-state index in [0.29, 0.717) is 36.9 Å². The van der Waals surface area contributed by atoms with Gasteiger partial charge in [0.15, 0.2) is 17.2 Å². The van der Waals surface area contributed by atoms with Gasteiger partial charge in [-0.25, -0.2) is 24.4 Å². The van der Waals surface area contributed by atoms with E-state index in [1.165, 1.54) is 12.1 Å². The van der Waals surface area contributed by atoms with Crippen LogP contribution in [-0.2, 0) is 9.47 Å². The van der Waals surface area contributed by atoms with Gasteiger partial charge in [0.1, 0.15) is 16.9 Å². The zero-order valence-electron chi connectivity index (χ0n) is 20.8. The van der Waals surface area contributed by atoms with Crippen molar-refractivity contribution in [2.75, 3.05) is 6.61 Å². The van der Waals surface area contributed by atoms with Crippen LogP contribution in [0.4, 0.5) is 4.79 Å². The maximum atomic E-state index is 13.0. The Morgan fingerprint density at radius 2 is 1.92 bits per heavy atom. The molecule has 2 heterocycles. The number of phenolic OH excluding ortho intramolecular Hbond substituents is 1. The number of carbonyl (C=O) groups excluding carboxylic acids is 2. The SMILES string of the molecule is CCOC(=O)c1nc(-c2cccc(O)c2)nc2c1[nH]c(=O)n2C1CCC(NC(=O)OC(C)(C)C)CC1. The minimum absolute atomic E-state index is 0.0242. The standard InChI is InChI=1S/C25H31N5O6/c1-5-35-22(32)19-18-21(29-20(27-19)14-7-6-8-17(31)13-14)30(23(33)28-18)16-11-9-15(10-12-16)26-24(34)36-25(2,3)4/h6-8,13,15-16,31H,5,9-12H2,1-4H3,(H,26,34)(H,28,33). The highest BCUT2D eigenvalue weighted by Crippen LogP contribution is 2.31. The molecule has 0 radical (unpaired) electrons. The molecule has 1 saturated carbocycles. The van der Waals surface area contributed by atoms with E-state index in [1.807, 2.05) is 20.8 Å². The zero-order chi connectivity index (χ0) is 26.0. The molecule has 3 aromatic rings. The van der Waals surface area contributed by atoms with E-state index in [1.54, 1.807) is 23.6 Å². The maximum Gasteiger partial charge on any atom is 0.407 e. The van der Waals surface area contributed by atoms with Gasteiger partial charge in [0, 0.05) is 17.6 Å². The van der Waals surface area contributed by atoms with Crippen LogP contribution >= 0.6 is 0 Å². The van der Waals surface area contributed by atoms with Gasteiger partial charge in [0.05, 0.1) is 6.61 Å². The summed E-state index contributed by atoms with van der Waals surface area (Å²) in [5, 5.41) is 12.8. The molecule has 36 heavy (non-hydrogen) atoms. The normalized spacial score (nSPS) is 18.1. The first-order chi connectivity index (χ1) is 17.1. The van der Waals surface area contributed by atoms with Gasteiger partial charge >= 0.3 is 17.8 Å². The molecule has 11 heteroatoms. The van der Waals surface area contributed by atoms with Gasteiger partial charge in [-0.15, -0.1) is 0 Å². The Balaban J connectivity index is 1.66. The number of nitrogens with one attached hydrogen (secondary N) is 2. The van der Waals surface area contributed by atoms with E-state index in [4.69, 9.17) is 9.47 Å². The van der Waals surface area contributed by atoms with Crippen molar-refractivity contribution >= 4 is 23.2 Å². The van der Waals surface area contributed by atoms with Gasteiger partial charge in [0.2, 0.25) is 0 Å². The Morgan fingerprint density at radius 3 is 2.56 bits per heavy atom. The second-order valence-electron chi connectivity index (χ2n) is 9.82. The molecule has 1 aliphatic rings. The van der Waals surface area contributed by atoms with Crippen molar-refractivity contribution in [3.05, 3.63) is 40.4 Å². The molecule has 4 rings (SSSR count). The number of benzene rings is 1. The number of amides is 1.